The van der Waals surface area contributed by atoms with Crippen molar-refractivity contribution >= 4 is 23.6 Å². The van der Waals surface area contributed by atoms with Gasteiger partial charge in [0.25, 0.3) is 0 Å². The molecular weight excluding hydrogens is 226 g/mol. The summed E-state index contributed by atoms with van der Waals surface area (Å²) in [5, 5.41) is 2.75. The number of carbonyl (C=O) groups is 2. The Morgan fingerprint density at radius 2 is 2.25 bits per heavy atom. The number of carbonyl (C=O) groups excluding carboxylic acids is 2. The average molecular weight is 241 g/mol. The number of thioether (sulfide) groups is 1. The van der Waals surface area contributed by atoms with E-state index in [0.717, 1.165) is 5.75 Å². The van der Waals surface area contributed by atoms with Gasteiger partial charge in [0.2, 0.25) is 11.8 Å². The Labute approximate surface area is 98.6 Å². The fourth-order valence-electron chi connectivity index (χ4n) is 1.14. The first-order chi connectivity index (χ1) is 7.74. The van der Waals surface area contributed by atoms with Crippen LogP contribution in [-0.4, -0.2) is 39.9 Å². The molecule has 88 valence electrons. The molecule has 1 rings (SSSR count). The van der Waals surface area contributed by atoms with Crippen LogP contribution in [0, 0.1) is 0 Å². The summed E-state index contributed by atoms with van der Waals surface area (Å²) in [7, 11) is 0. The summed E-state index contributed by atoms with van der Waals surface area (Å²) in [4.78, 5) is 26.5. The normalized spacial score (nSPS) is 10.1. The van der Waals surface area contributed by atoms with E-state index in [0.29, 0.717) is 6.54 Å². The summed E-state index contributed by atoms with van der Waals surface area (Å²) >= 11 is 1.67. The quantitative estimate of drug-likeness (QED) is 0.748. The zero-order valence-corrected chi connectivity index (χ0v) is 10.00. The molecule has 0 radical (unpaired) electrons. The number of amides is 1. The van der Waals surface area contributed by atoms with E-state index in [4.69, 9.17) is 0 Å². The van der Waals surface area contributed by atoms with Crippen LogP contribution in [0.25, 0.3) is 0 Å². The van der Waals surface area contributed by atoms with E-state index in [1.54, 1.807) is 18.0 Å². The predicted molar refractivity (Wildman–Crippen MR) is 63.5 cm³/mol. The number of hydrogen-bond acceptors (Lipinski definition) is 4. The van der Waals surface area contributed by atoms with Gasteiger partial charge in [-0.25, -0.2) is 4.98 Å². The summed E-state index contributed by atoms with van der Waals surface area (Å²) in [6.45, 7) is 0.652. The number of aromatic nitrogens is 2. The molecular formula is C10H15N3O2S. The predicted octanol–water partition coefficient (Wildman–Crippen LogP) is 0.783. The SMILES string of the molecule is CSCCNC(=O)CCC(=O)n1ccnc1. The van der Waals surface area contributed by atoms with Gasteiger partial charge in [-0.05, 0) is 6.26 Å². The molecule has 16 heavy (non-hydrogen) atoms. The van der Waals surface area contributed by atoms with E-state index in [2.05, 4.69) is 10.3 Å². The molecule has 0 aromatic carbocycles. The minimum Gasteiger partial charge on any atom is -0.355 e. The molecule has 1 amide bonds. The minimum absolute atomic E-state index is 0.0810. The summed E-state index contributed by atoms with van der Waals surface area (Å²) in [5.74, 6) is 0.696. The van der Waals surface area contributed by atoms with Crippen LogP contribution >= 0.6 is 11.8 Å². The Morgan fingerprint density at radius 1 is 1.44 bits per heavy atom. The Kier molecular flexibility index (Phi) is 5.63. The summed E-state index contributed by atoms with van der Waals surface area (Å²) in [6, 6.07) is 0. The van der Waals surface area contributed by atoms with Gasteiger partial charge >= 0.3 is 0 Å². The first-order valence-corrected chi connectivity index (χ1v) is 6.40. The third-order valence-corrected chi connectivity index (χ3v) is 2.60. The highest BCUT2D eigenvalue weighted by Gasteiger charge is 2.07. The third-order valence-electron chi connectivity index (χ3n) is 1.99. The number of rotatable bonds is 6. The van der Waals surface area contributed by atoms with Crippen molar-refractivity contribution in [1.82, 2.24) is 14.9 Å². The van der Waals surface area contributed by atoms with Crippen LogP contribution in [0.15, 0.2) is 18.7 Å². The van der Waals surface area contributed by atoms with Crippen molar-refractivity contribution in [3.05, 3.63) is 18.7 Å². The average Bonchev–Trinajstić information content (AvgIpc) is 2.79. The minimum atomic E-state index is -0.113. The zero-order valence-electron chi connectivity index (χ0n) is 9.18. The maximum Gasteiger partial charge on any atom is 0.232 e. The zero-order chi connectivity index (χ0) is 11.8. The molecule has 1 aromatic heterocycles. The molecule has 0 saturated carbocycles. The van der Waals surface area contributed by atoms with Crippen molar-refractivity contribution in [1.29, 1.82) is 0 Å². The maximum atomic E-state index is 11.5. The number of nitrogens with one attached hydrogen (secondary N) is 1. The molecule has 0 aliphatic rings. The largest absolute Gasteiger partial charge is 0.355 e. The van der Waals surface area contributed by atoms with Crippen LogP contribution in [0.2, 0.25) is 0 Å². The van der Waals surface area contributed by atoms with Crippen molar-refractivity contribution < 1.29 is 9.59 Å². The maximum absolute atomic E-state index is 11.5. The third kappa shape index (κ3) is 4.48. The second-order valence-corrected chi connectivity index (χ2v) is 4.19. The smallest absolute Gasteiger partial charge is 0.232 e. The van der Waals surface area contributed by atoms with Crippen molar-refractivity contribution in [3.8, 4) is 0 Å². The van der Waals surface area contributed by atoms with E-state index >= 15 is 0 Å². The van der Waals surface area contributed by atoms with E-state index in [9.17, 15) is 9.59 Å². The number of imidazole rings is 1. The highest BCUT2D eigenvalue weighted by atomic mass is 32.2. The van der Waals surface area contributed by atoms with Gasteiger partial charge in [0.05, 0.1) is 0 Å². The highest BCUT2D eigenvalue weighted by Crippen LogP contribution is 1.96. The fourth-order valence-corrected chi connectivity index (χ4v) is 1.44. The first-order valence-electron chi connectivity index (χ1n) is 5.01. The molecule has 0 unspecified atom stereocenters. The van der Waals surface area contributed by atoms with Crippen molar-refractivity contribution in [2.45, 2.75) is 12.8 Å². The fraction of sp³-hybridized carbons (Fsp3) is 0.500. The molecule has 5 nitrogen and oxygen atoms in total. The molecule has 0 fully saturated rings. The van der Waals surface area contributed by atoms with E-state index in [-0.39, 0.29) is 24.7 Å². The van der Waals surface area contributed by atoms with Crippen LogP contribution in [-0.2, 0) is 4.79 Å². The van der Waals surface area contributed by atoms with Crippen molar-refractivity contribution in [2.75, 3.05) is 18.6 Å². The summed E-state index contributed by atoms with van der Waals surface area (Å²) in [6.07, 6.45) is 6.97. The van der Waals surface area contributed by atoms with Crippen LogP contribution in [0.3, 0.4) is 0 Å². The Hall–Kier alpha value is -1.30. The van der Waals surface area contributed by atoms with E-state index < -0.39 is 0 Å². The molecule has 0 saturated heterocycles. The topological polar surface area (TPSA) is 64.0 Å². The molecule has 0 aliphatic carbocycles. The van der Waals surface area contributed by atoms with Gasteiger partial charge < -0.3 is 5.32 Å². The van der Waals surface area contributed by atoms with E-state index in [1.165, 1.54) is 17.1 Å². The van der Waals surface area contributed by atoms with Gasteiger partial charge in [-0.3, -0.25) is 14.2 Å². The Morgan fingerprint density at radius 3 is 2.88 bits per heavy atom. The lowest BCUT2D eigenvalue weighted by Gasteiger charge is -2.03. The van der Waals surface area contributed by atoms with Crippen LogP contribution in [0.1, 0.15) is 17.6 Å². The van der Waals surface area contributed by atoms with Crippen molar-refractivity contribution in [3.63, 3.8) is 0 Å². The van der Waals surface area contributed by atoms with E-state index in [1.807, 2.05) is 6.26 Å². The molecule has 1 N–H and O–H groups in total. The Balaban J connectivity index is 2.19. The lowest BCUT2D eigenvalue weighted by Crippen LogP contribution is -2.26. The molecule has 0 bridgehead atoms. The number of hydrogen-bond donors (Lipinski definition) is 1. The monoisotopic (exact) mass is 241 g/mol. The van der Waals surface area contributed by atoms with Gasteiger partial charge in [0.1, 0.15) is 6.33 Å². The van der Waals surface area contributed by atoms with Crippen LogP contribution in [0.4, 0.5) is 0 Å². The molecule has 0 aliphatic heterocycles. The van der Waals surface area contributed by atoms with Gasteiger partial charge in [-0.15, -0.1) is 0 Å². The van der Waals surface area contributed by atoms with Gasteiger partial charge in [0.15, 0.2) is 0 Å². The first kappa shape index (κ1) is 12.8. The van der Waals surface area contributed by atoms with Gasteiger partial charge in [0, 0.05) is 37.5 Å². The van der Waals surface area contributed by atoms with Gasteiger partial charge in [-0.1, -0.05) is 0 Å². The molecule has 0 atom stereocenters. The standard InChI is InChI=1S/C10H15N3O2S/c1-16-7-5-12-9(14)2-3-10(15)13-6-4-11-8-13/h4,6,8H,2-3,5,7H2,1H3,(H,12,14). The van der Waals surface area contributed by atoms with Crippen LogP contribution in [0.5, 0.6) is 0 Å². The van der Waals surface area contributed by atoms with Gasteiger partial charge in [-0.2, -0.15) is 11.8 Å². The molecule has 0 spiro atoms. The lowest BCUT2D eigenvalue weighted by atomic mass is 10.3. The molecule has 1 aromatic rings. The highest BCUT2D eigenvalue weighted by molar-refractivity contribution is 7.98. The summed E-state index contributed by atoms with van der Waals surface area (Å²) < 4.78 is 1.38. The molecule has 6 heteroatoms. The number of nitrogens with zero attached hydrogens (tertiary/aromatic N) is 2. The second-order valence-electron chi connectivity index (χ2n) is 3.21. The van der Waals surface area contributed by atoms with Crippen LogP contribution < -0.4 is 5.32 Å². The van der Waals surface area contributed by atoms with Crippen molar-refractivity contribution in [2.24, 2.45) is 0 Å². The Bertz CT molecular complexity index is 338. The molecule has 1 heterocycles. The second kappa shape index (κ2) is 7.05. The lowest BCUT2D eigenvalue weighted by molar-refractivity contribution is -0.120. The summed E-state index contributed by atoms with van der Waals surface area (Å²) in [5.41, 5.74) is 0.